The second kappa shape index (κ2) is 2.84. The van der Waals surface area contributed by atoms with Crippen molar-refractivity contribution in [3.63, 3.8) is 0 Å². The first-order valence-electron chi connectivity index (χ1n) is 5.40. The standard InChI is InChI=1S/C11H13N3/c12-7-10-9-5-2-6-11(9)14(13-10)8-3-1-4-8/h8H,1-6H2. The molecule has 0 radical (unpaired) electrons. The zero-order valence-corrected chi connectivity index (χ0v) is 8.16. The van der Waals surface area contributed by atoms with Gasteiger partial charge in [0.2, 0.25) is 0 Å². The zero-order chi connectivity index (χ0) is 9.54. The van der Waals surface area contributed by atoms with Gasteiger partial charge in [-0.2, -0.15) is 10.4 Å². The Labute approximate surface area is 83.3 Å². The Hall–Kier alpha value is -1.30. The topological polar surface area (TPSA) is 41.6 Å². The van der Waals surface area contributed by atoms with E-state index in [-0.39, 0.29) is 0 Å². The number of hydrogen-bond acceptors (Lipinski definition) is 2. The van der Waals surface area contributed by atoms with Crippen LogP contribution in [-0.2, 0) is 12.8 Å². The Bertz CT molecular complexity index is 407. The second-order valence-corrected chi connectivity index (χ2v) is 4.27. The fraction of sp³-hybridized carbons (Fsp3) is 0.636. The highest BCUT2D eigenvalue weighted by Crippen LogP contribution is 2.36. The van der Waals surface area contributed by atoms with Gasteiger partial charge in [-0.25, -0.2) is 0 Å². The van der Waals surface area contributed by atoms with E-state index in [9.17, 15) is 0 Å². The van der Waals surface area contributed by atoms with Crippen molar-refractivity contribution in [3.8, 4) is 6.07 Å². The highest BCUT2D eigenvalue weighted by atomic mass is 15.3. The number of nitriles is 1. The summed E-state index contributed by atoms with van der Waals surface area (Å²) in [5.41, 5.74) is 3.27. The smallest absolute Gasteiger partial charge is 0.165 e. The van der Waals surface area contributed by atoms with Crippen molar-refractivity contribution < 1.29 is 0 Å². The van der Waals surface area contributed by atoms with Crippen molar-refractivity contribution in [3.05, 3.63) is 17.0 Å². The molecule has 0 aromatic carbocycles. The van der Waals surface area contributed by atoms with Crippen LogP contribution < -0.4 is 0 Å². The fourth-order valence-electron chi connectivity index (χ4n) is 2.49. The minimum Gasteiger partial charge on any atom is -0.265 e. The zero-order valence-electron chi connectivity index (χ0n) is 8.16. The lowest BCUT2D eigenvalue weighted by Crippen LogP contribution is -2.20. The Balaban J connectivity index is 2.08. The predicted octanol–water partition coefficient (Wildman–Crippen LogP) is 1.97. The molecule has 0 spiro atoms. The van der Waals surface area contributed by atoms with Crippen molar-refractivity contribution >= 4 is 0 Å². The van der Waals surface area contributed by atoms with Crippen molar-refractivity contribution in [2.75, 3.05) is 0 Å². The molecule has 2 aliphatic carbocycles. The molecule has 72 valence electrons. The third-order valence-corrected chi connectivity index (χ3v) is 3.49. The van der Waals surface area contributed by atoms with E-state index in [0.29, 0.717) is 11.7 Å². The molecule has 2 aliphatic rings. The van der Waals surface area contributed by atoms with Crippen LogP contribution in [0, 0.1) is 11.3 Å². The van der Waals surface area contributed by atoms with Gasteiger partial charge in [-0.3, -0.25) is 4.68 Å². The van der Waals surface area contributed by atoms with E-state index in [1.807, 2.05) is 0 Å². The predicted molar refractivity (Wildman–Crippen MR) is 51.9 cm³/mol. The molecule has 1 saturated carbocycles. The summed E-state index contributed by atoms with van der Waals surface area (Å²) in [6, 6.07) is 2.82. The SMILES string of the molecule is N#Cc1nn(C2CCC2)c2c1CCC2. The van der Waals surface area contributed by atoms with Crippen LogP contribution in [0.2, 0.25) is 0 Å². The fourth-order valence-corrected chi connectivity index (χ4v) is 2.49. The van der Waals surface area contributed by atoms with Crippen LogP contribution in [0.15, 0.2) is 0 Å². The van der Waals surface area contributed by atoms with E-state index >= 15 is 0 Å². The lowest BCUT2D eigenvalue weighted by molar-refractivity contribution is 0.282. The summed E-state index contributed by atoms with van der Waals surface area (Å²) >= 11 is 0. The molecule has 1 fully saturated rings. The lowest BCUT2D eigenvalue weighted by Gasteiger charge is -2.27. The average molecular weight is 187 g/mol. The summed E-state index contributed by atoms with van der Waals surface area (Å²) in [5, 5.41) is 13.4. The molecule has 1 aromatic heterocycles. The first kappa shape index (κ1) is 8.05. The first-order chi connectivity index (χ1) is 6.90. The molecule has 3 heteroatoms. The summed E-state index contributed by atoms with van der Waals surface area (Å²) < 4.78 is 2.14. The van der Waals surface area contributed by atoms with Crippen LogP contribution in [0.3, 0.4) is 0 Å². The van der Waals surface area contributed by atoms with Crippen LogP contribution in [0.4, 0.5) is 0 Å². The quantitative estimate of drug-likeness (QED) is 0.674. The molecule has 1 heterocycles. The molecule has 0 unspecified atom stereocenters. The van der Waals surface area contributed by atoms with Gasteiger partial charge in [-0.15, -0.1) is 0 Å². The van der Waals surface area contributed by atoms with E-state index in [0.717, 1.165) is 12.8 Å². The molecule has 0 amide bonds. The molecule has 1 aromatic rings. The van der Waals surface area contributed by atoms with Gasteiger partial charge in [0.05, 0.1) is 6.04 Å². The maximum Gasteiger partial charge on any atom is 0.165 e. The van der Waals surface area contributed by atoms with Gasteiger partial charge in [0.25, 0.3) is 0 Å². The van der Waals surface area contributed by atoms with E-state index < -0.39 is 0 Å². The molecule has 3 rings (SSSR count). The minimum absolute atomic E-state index is 0.601. The number of nitrogens with zero attached hydrogens (tertiary/aromatic N) is 3. The Kier molecular flexibility index (Phi) is 1.63. The lowest BCUT2D eigenvalue weighted by atomic mass is 9.93. The number of hydrogen-bond donors (Lipinski definition) is 0. The molecular weight excluding hydrogens is 174 g/mol. The summed E-state index contributed by atoms with van der Waals surface area (Å²) in [5.74, 6) is 0. The van der Waals surface area contributed by atoms with E-state index in [1.165, 1.54) is 36.9 Å². The summed E-state index contributed by atoms with van der Waals surface area (Å²) in [6.07, 6.45) is 7.21. The van der Waals surface area contributed by atoms with Gasteiger partial charge in [0.15, 0.2) is 5.69 Å². The van der Waals surface area contributed by atoms with Crippen LogP contribution in [0.25, 0.3) is 0 Å². The number of fused-ring (bicyclic) bond motifs is 1. The van der Waals surface area contributed by atoms with Gasteiger partial charge in [0.1, 0.15) is 6.07 Å². The molecule has 3 nitrogen and oxygen atoms in total. The third kappa shape index (κ3) is 0.942. The average Bonchev–Trinajstić information content (AvgIpc) is 2.64. The second-order valence-electron chi connectivity index (χ2n) is 4.27. The molecule has 0 atom stereocenters. The summed E-state index contributed by atoms with van der Waals surface area (Å²) in [7, 11) is 0. The monoisotopic (exact) mass is 187 g/mol. The molecule has 0 saturated heterocycles. The van der Waals surface area contributed by atoms with Crippen molar-refractivity contribution in [1.82, 2.24) is 9.78 Å². The maximum atomic E-state index is 8.96. The van der Waals surface area contributed by atoms with Crippen molar-refractivity contribution in [1.29, 1.82) is 5.26 Å². The normalized spacial score (nSPS) is 20.2. The number of aromatic nitrogens is 2. The van der Waals surface area contributed by atoms with E-state index in [1.54, 1.807) is 0 Å². The Morgan fingerprint density at radius 1 is 1.29 bits per heavy atom. The van der Waals surface area contributed by atoms with Crippen LogP contribution >= 0.6 is 0 Å². The van der Waals surface area contributed by atoms with Gasteiger partial charge >= 0.3 is 0 Å². The molecular formula is C11H13N3. The number of rotatable bonds is 1. The molecule has 14 heavy (non-hydrogen) atoms. The largest absolute Gasteiger partial charge is 0.265 e. The van der Waals surface area contributed by atoms with Gasteiger partial charge in [-0.05, 0) is 38.5 Å². The summed E-state index contributed by atoms with van der Waals surface area (Å²) in [6.45, 7) is 0. The van der Waals surface area contributed by atoms with Crippen LogP contribution in [0.1, 0.15) is 48.7 Å². The Morgan fingerprint density at radius 3 is 2.79 bits per heavy atom. The van der Waals surface area contributed by atoms with Crippen molar-refractivity contribution in [2.24, 2.45) is 0 Å². The molecule has 0 aliphatic heterocycles. The molecule has 0 bridgehead atoms. The van der Waals surface area contributed by atoms with E-state index in [4.69, 9.17) is 5.26 Å². The first-order valence-corrected chi connectivity index (χ1v) is 5.40. The Morgan fingerprint density at radius 2 is 2.14 bits per heavy atom. The van der Waals surface area contributed by atoms with E-state index in [2.05, 4.69) is 15.8 Å². The van der Waals surface area contributed by atoms with Gasteiger partial charge in [0, 0.05) is 11.3 Å². The maximum absolute atomic E-state index is 8.96. The van der Waals surface area contributed by atoms with Crippen molar-refractivity contribution in [2.45, 2.75) is 44.6 Å². The van der Waals surface area contributed by atoms with Gasteiger partial charge in [-0.1, -0.05) is 0 Å². The molecule has 0 N–H and O–H groups in total. The van der Waals surface area contributed by atoms with Gasteiger partial charge < -0.3 is 0 Å². The van der Waals surface area contributed by atoms with Crippen LogP contribution in [-0.4, -0.2) is 9.78 Å². The third-order valence-electron chi connectivity index (χ3n) is 3.49. The minimum atomic E-state index is 0.601. The highest BCUT2D eigenvalue weighted by Gasteiger charge is 2.28. The summed E-state index contributed by atoms with van der Waals surface area (Å²) in [4.78, 5) is 0. The van der Waals surface area contributed by atoms with Crippen LogP contribution in [0.5, 0.6) is 0 Å². The highest BCUT2D eigenvalue weighted by molar-refractivity contribution is 5.38.